The third-order valence-electron chi connectivity index (χ3n) is 2.27. The van der Waals surface area contributed by atoms with Crippen molar-refractivity contribution in [3.8, 4) is 0 Å². The Kier molecular flexibility index (Phi) is 8.79. The van der Waals surface area contributed by atoms with Crippen LogP contribution in [0, 0.1) is 19.3 Å². The summed E-state index contributed by atoms with van der Waals surface area (Å²) in [6.07, 6.45) is 2.25. The number of carbonyl (C=O) groups is 2. The molecule has 13 heavy (non-hydrogen) atoms. The first-order chi connectivity index (χ1) is 4.59. The Morgan fingerprint density at radius 2 is 1.31 bits per heavy atom. The number of carbonyl (C=O) groups excluding carboxylic acids is 2. The summed E-state index contributed by atoms with van der Waals surface area (Å²) in [5.74, 6) is -0.530. The molecule has 4 nitrogen and oxygen atoms in total. The number of hydrogen-bond donors (Lipinski definition) is 0. The third-order valence-corrected chi connectivity index (χ3v) is 2.27. The van der Waals surface area contributed by atoms with E-state index in [1.54, 1.807) is 0 Å². The second-order valence-electron chi connectivity index (χ2n) is 2.78. The number of rotatable bonds is 2. The van der Waals surface area contributed by atoms with E-state index in [9.17, 15) is 9.59 Å². The summed E-state index contributed by atoms with van der Waals surface area (Å²) in [5.41, 5.74) is -0.778. The minimum atomic E-state index is -0.778. The van der Waals surface area contributed by atoms with Gasteiger partial charge in [0.15, 0.2) is 0 Å². The molecule has 0 unspecified atom stereocenters. The van der Waals surface area contributed by atoms with E-state index >= 15 is 0 Å². The van der Waals surface area contributed by atoms with Crippen LogP contribution in [0.25, 0.3) is 12.3 Å². The first-order valence-electron chi connectivity index (χ1n) is 3.32. The molecule has 4 N–H and O–H groups in total. The number of hydrogen-bond acceptors (Lipinski definition) is 2. The summed E-state index contributed by atoms with van der Waals surface area (Å²) >= 11 is 0. The summed E-state index contributed by atoms with van der Waals surface area (Å²) in [6.45, 7) is 6.51. The van der Waals surface area contributed by atoms with E-state index in [2.05, 4.69) is 13.8 Å². The Bertz CT molecular complexity index is 175. The Labute approximate surface area is 93.3 Å². The van der Waals surface area contributed by atoms with Crippen molar-refractivity contribution in [3.63, 3.8) is 0 Å². The van der Waals surface area contributed by atoms with Gasteiger partial charge in [-0.05, 0) is 12.8 Å². The number of ketones is 2. The first-order valence-corrected chi connectivity index (χ1v) is 3.32. The molecule has 1 rings (SSSR count). The molecule has 0 radical (unpaired) electrons. The minimum Gasteiger partial charge on any atom is -0.693 e. The van der Waals surface area contributed by atoms with Crippen molar-refractivity contribution in [2.75, 3.05) is 0 Å². The standard InChI is InChI=1S/C8H10O2.2H2N.Pt/c1-6(9)8(7(2)10)4-3-5-8;;;/h1-5H2;2*1H2;/q-2;2*-1;+2. The summed E-state index contributed by atoms with van der Waals surface area (Å²) < 4.78 is 0. The fourth-order valence-corrected chi connectivity index (χ4v) is 1.24. The minimum absolute atomic E-state index is 0. The van der Waals surface area contributed by atoms with Crippen LogP contribution in [0.2, 0.25) is 0 Å². The zero-order valence-corrected chi connectivity index (χ0v) is 9.60. The smallest absolute Gasteiger partial charge is 0.693 e. The van der Waals surface area contributed by atoms with E-state index in [1.807, 2.05) is 0 Å². The van der Waals surface area contributed by atoms with Crippen LogP contribution in [-0.4, -0.2) is 11.6 Å². The molecule has 5 heteroatoms. The van der Waals surface area contributed by atoms with Crippen molar-refractivity contribution in [1.29, 1.82) is 0 Å². The maximum atomic E-state index is 10.8. The van der Waals surface area contributed by atoms with Crippen LogP contribution < -0.4 is 0 Å². The number of Topliss-reactive ketones (excluding diaryl/α,β-unsaturated/α-hetero) is 2. The van der Waals surface area contributed by atoms with Gasteiger partial charge in [-0.25, -0.2) is 0 Å². The summed E-state index contributed by atoms with van der Waals surface area (Å²) in [4.78, 5) is 21.6. The Hall–Kier alpha value is -0.312. The molecule has 0 amide bonds. The van der Waals surface area contributed by atoms with Gasteiger partial charge in [-0.15, -0.1) is 0 Å². The number of nitrogens with two attached hydrogens (primary N) is 2. The molecule has 1 aliphatic carbocycles. The molecule has 0 aliphatic heterocycles. The van der Waals surface area contributed by atoms with Crippen LogP contribution >= 0.6 is 0 Å². The molecule has 0 bridgehead atoms. The van der Waals surface area contributed by atoms with E-state index in [-0.39, 0.29) is 44.9 Å². The topological polar surface area (TPSA) is 101 Å². The molecule has 0 aromatic rings. The molecule has 0 saturated heterocycles. The molecule has 0 aromatic carbocycles. The van der Waals surface area contributed by atoms with Crippen molar-refractivity contribution >= 4 is 11.6 Å². The van der Waals surface area contributed by atoms with Gasteiger partial charge in [0.2, 0.25) is 0 Å². The van der Waals surface area contributed by atoms with Gasteiger partial charge >= 0.3 is 21.1 Å². The summed E-state index contributed by atoms with van der Waals surface area (Å²) in [5, 5.41) is 0. The Morgan fingerprint density at radius 1 is 1.00 bits per heavy atom. The quantitative estimate of drug-likeness (QED) is 0.554. The van der Waals surface area contributed by atoms with E-state index in [4.69, 9.17) is 0 Å². The third kappa shape index (κ3) is 2.83. The zero-order valence-electron chi connectivity index (χ0n) is 7.32. The maximum Gasteiger partial charge on any atom is 2.00 e. The molecule has 0 heterocycles. The van der Waals surface area contributed by atoms with Crippen molar-refractivity contribution in [1.82, 2.24) is 0 Å². The van der Waals surface area contributed by atoms with Gasteiger partial charge in [-0.1, -0.05) is 6.42 Å². The van der Waals surface area contributed by atoms with Crippen LogP contribution in [-0.2, 0) is 30.7 Å². The second-order valence-corrected chi connectivity index (χ2v) is 2.78. The van der Waals surface area contributed by atoms with Crippen LogP contribution in [0.15, 0.2) is 0 Å². The Morgan fingerprint density at radius 3 is 1.31 bits per heavy atom. The fourth-order valence-electron chi connectivity index (χ4n) is 1.24. The Balaban J connectivity index is -0.000000333. The van der Waals surface area contributed by atoms with Crippen molar-refractivity contribution < 1.29 is 30.7 Å². The van der Waals surface area contributed by atoms with Crippen LogP contribution in [0.1, 0.15) is 19.3 Å². The van der Waals surface area contributed by atoms with Crippen LogP contribution in [0.5, 0.6) is 0 Å². The SMILES string of the molecule is [CH2-]C(=O)C1(C([CH2-])=O)CCC1.[NH2-].[NH2-].[Pt+2]. The van der Waals surface area contributed by atoms with Gasteiger partial charge in [0.1, 0.15) is 0 Å². The molecule has 1 saturated carbocycles. The van der Waals surface area contributed by atoms with Crippen LogP contribution in [0.4, 0.5) is 0 Å². The molecule has 0 atom stereocenters. The van der Waals surface area contributed by atoms with Crippen molar-refractivity contribution in [2.24, 2.45) is 5.41 Å². The zero-order chi connectivity index (χ0) is 7.78. The molecule has 1 fully saturated rings. The van der Waals surface area contributed by atoms with Gasteiger partial charge < -0.3 is 35.7 Å². The van der Waals surface area contributed by atoms with Gasteiger partial charge in [0.05, 0.1) is 0 Å². The molecule has 0 aromatic heterocycles. The average molecular weight is 365 g/mol. The fraction of sp³-hybridized carbons (Fsp3) is 0.500. The predicted octanol–water partition coefficient (Wildman–Crippen LogP) is 2.39. The van der Waals surface area contributed by atoms with E-state index in [1.165, 1.54) is 0 Å². The average Bonchev–Trinajstić information content (AvgIpc) is 1.57. The first kappa shape index (κ1) is 18.5. The maximum absolute atomic E-state index is 10.8. The van der Waals surface area contributed by atoms with Gasteiger partial charge in [0.25, 0.3) is 0 Å². The summed E-state index contributed by atoms with van der Waals surface area (Å²) in [7, 11) is 0. The molecular formula is C8H14N2O2Pt-2. The molecule has 80 valence electrons. The van der Waals surface area contributed by atoms with E-state index in [0.717, 1.165) is 6.42 Å². The van der Waals surface area contributed by atoms with E-state index in [0.29, 0.717) is 12.8 Å². The monoisotopic (exact) mass is 365 g/mol. The van der Waals surface area contributed by atoms with Crippen molar-refractivity contribution in [2.45, 2.75) is 19.3 Å². The largest absolute Gasteiger partial charge is 2.00 e. The molecule has 0 spiro atoms. The second kappa shape index (κ2) is 6.19. The predicted molar refractivity (Wildman–Crippen MR) is 47.6 cm³/mol. The molecular weight excluding hydrogens is 351 g/mol. The van der Waals surface area contributed by atoms with Gasteiger partial charge in [-0.2, -0.15) is 0 Å². The van der Waals surface area contributed by atoms with E-state index < -0.39 is 5.41 Å². The van der Waals surface area contributed by atoms with Crippen molar-refractivity contribution in [3.05, 3.63) is 26.1 Å². The normalized spacial score (nSPS) is 16.3. The van der Waals surface area contributed by atoms with Gasteiger partial charge in [0, 0.05) is 17.0 Å². The molecule has 1 aliphatic rings. The summed E-state index contributed by atoms with van der Waals surface area (Å²) in [6, 6.07) is 0. The van der Waals surface area contributed by atoms with Crippen LogP contribution in [0.3, 0.4) is 0 Å². The van der Waals surface area contributed by atoms with Gasteiger partial charge in [-0.3, -0.25) is 0 Å².